The minimum absolute atomic E-state index is 0.108. The highest BCUT2D eigenvalue weighted by Gasteiger charge is 2.12. The third-order valence-electron chi connectivity index (χ3n) is 4.30. The van der Waals surface area contributed by atoms with E-state index in [1.807, 2.05) is 30.3 Å². The molecule has 0 heterocycles. The molecule has 0 saturated carbocycles. The zero-order valence-corrected chi connectivity index (χ0v) is 15.5. The number of hydrogen-bond acceptors (Lipinski definition) is 4. The molecule has 6 nitrogen and oxygen atoms in total. The van der Waals surface area contributed by atoms with Crippen LogP contribution < -0.4 is 5.43 Å². The lowest BCUT2D eigenvalue weighted by Crippen LogP contribution is -2.44. The van der Waals surface area contributed by atoms with Crippen LogP contribution in [0.3, 0.4) is 0 Å². The lowest BCUT2D eigenvalue weighted by atomic mass is 10.1. The van der Waals surface area contributed by atoms with Gasteiger partial charge in [0.1, 0.15) is 0 Å². The molecular formula is C21H26N2O4. The molecule has 144 valence electrons. The normalized spacial score (nSPS) is 11.8. The van der Waals surface area contributed by atoms with E-state index < -0.39 is 12.1 Å². The van der Waals surface area contributed by atoms with Crippen LogP contribution >= 0.6 is 0 Å². The SMILES string of the molecule is CC(=O)N(CCC(O)Cc1ccccc1)NCCc1ccc(C(=O)O)cc1. The minimum Gasteiger partial charge on any atom is -0.478 e. The number of hydrogen-bond donors (Lipinski definition) is 3. The summed E-state index contributed by atoms with van der Waals surface area (Å²) < 4.78 is 0. The van der Waals surface area contributed by atoms with E-state index in [0.717, 1.165) is 11.1 Å². The highest BCUT2D eigenvalue weighted by atomic mass is 16.4. The molecule has 0 aliphatic heterocycles. The van der Waals surface area contributed by atoms with Crippen molar-refractivity contribution in [3.8, 4) is 0 Å². The Labute approximate surface area is 159 Å². The van der Waals surface area contributed by atoms with Crippen LogP contribution in [0.4, 0.5) is 0 Å². The first-order valence-corrected chi connectivity index (χ1v) is 9.01. The van der Waals surface area contributed by atoms with E-state index in [0.29, 0.717) is 32.4 Å². The van der Waals surface area contributed by atoms with Crippen LogP contribution in [0, 0.1) is 0 Å². The van der Waals surface area contributed by atoms with Crippen molar-refractivity contribution in [2.45, 2.75) is 32.3 Å². The molecule has 2 rings (SSSR count). The summed E-state index contributed by atoms with van der Waals surface area (Å²) in [7, 11) is 0. The average Bonchev–Trinajstić information content (AvgIpc) is 2.65. The van der Waals surface area contributed by atoms with Crippen molar-refractivity contribution >= 4 is 11.9 Å². The molecule has 2 aromatic carbocycles. The van der Waals surface area contributed by atoms with Gasteiger partial charge in [-0.2, -0.15) is 0 Å². The summed E-state index contributed by atoms with van der Waals surface area (Å²) in [5, 5.41) is 20.6. The maximum atomic E-state index is 11.8. The molecule has 0 spiro atoms. The smallest absolute Gasteiger partial charge is 0.335 e. The van der Waals surface area contributed by atoms with E-state index >= 15 is 0 Å². The standard InChI is InChI=1S/C21H26N2O4/c1-16(24)23(14-12-20(25)15-18-5-3-2-4-6-18)22-13-11-17-7-9-19(10-8-17)21(26)27/h2-10,20,22,25H,11-15H2,1H3,(H,26,27). The number of aromatic carboxylic acids is 1. The number of nitrogens with zero attached hydrogens (tertiary/aromatic N) is 1. The Balaban J connectivity index is 1.76. The topological polar surface area (TPSA) is 89.9 Å². The zero-order valence-electron chi connectivity index (χ0n) is 15.5. The second kappa shape index (κ2) is 10.4. The number of hydrazine groups is 1. The molecule has 27 heavy (non-hydrogen) atoms. The van der Waals surface area contributed by atoms with E-state index in [1.54, 1.807) is 24.3 Å². The van der Waals surface area contributed by atoms with Crippen LogP contribution in [-0.4, -0.2) is 46.3 Å². The number of carboxylic acids is 1. The fourth-order valence-corrected chi connectivity index (χ4v) is 2.76. The number of amides is 1. The summed E-state index contributed by atoms with van der Waals surface area (Å²) >= 11 is 0. The van der Waals surface area contributed by atoms with Gasteiger partial charge in [0.2, 0.25) is 5.91 Å². The zero-order chi connectivity index (χ0) is 19.6. The third-order valence-corrected chi connectivity index (χ3v) is 4.30. The van der Waals surface area contributed by atoms with Gasteiger partial charge >= 0.3 is 5.97 Å². The molecule has 0 saturated heterocycles. The van der Waals surface area contributed by atoms with Gasteiger partial charge in [-0.05, 0) is 42.5 Å². The Morgan fingerprint density at radius 3 is 2.30 bits per heavy atom. The van der Waals surface area contributed by atoms with E-state index in [9.17, 15) is 14.7 Å². The summed E-state index contributed by atoms with van der Waals surface area (Å²) in [4.78, 5) is 22.6. The van der Waals surface area contributed by atoms with Gasteiger partial charge in [0.05, 0.1) is 11.7 Å². The number of aliphatic hydroxyl groups is 1. The maximum Gasteiger partial charge on any atom is 0.335 e. The number of rotatable bonds is 10. The first kappa shape index (κ1) is 20.6. The van der Waals surface area contributed by atoms with Crippen molar-refractivity contribution in [3.05, 3.63) is 71.3 Å². The average molecular weight is 370 g/mol. The van der Waals surface area contributed by atoms with Crippen molar-refractivity contribution in [2.24, 2.45) is 0 Å². The lowest BCUT2D eigenvalue weighted by molar-refractivity contribution is -0.132. The van der Waals surface area contributed by atoms with Crippen LogP contribution in [0.1, 0.15) is 34.8 Å². The second-order valence-electron chi connectivity index (χ2n) is 6.46. The fourth-order valence-electron chi connectivity index (χ4n) is 2.76. The summed E-state index contributed by atoms with van der Waals surface area (Å²) in [5.41, 5.74) is 5.39. The molecule has 0 aliphatic rings. The van der Waals surface area contributed by atoms with E-state index in [-0.39, 0.29) is 11.5 Å². The van der Waals surface area contributed by atoms with Crippen molar-refractivity contribution in [1.29, 1.82) is 0 Å². The largest absolute Gasteiger partial charge is 0.478 e. The quantitative estimate of drug-likeness (QED) is 0.558. The molecule has 3 N–H and O–H groups in total. The Kier molecular flexibility index (Phi) is 7.98. The van der Waals surface area contributed by atoms with Crippen LogP contribution in [0.2, 0.25) is 0 Å². The first-order valence-electron chi connectivity index (χ1n) is 9.01. The van der Waals surface area contributed by atoms with Gasteiger partial charge in [0.25, 0.3) is 0 Å². The van der Waals surface area contributed by atoms with Gasteiger partial charge in [0.15, 0.2) is 0 Å². The Morgan fingerprint density at radius 2 is 1.70 bits per heavy atom. The molecule has 0 fully saturated rings. The van der Waals surface area contributed by atoms with Gasteiger partial charge in [0, 0.05) is 20.0 Å². The summed E-state index contributed by atoms with van der Waals surface area (Å²) in [6.45, 7) is 2.44. The van der Waals surface area contributed by atoms with Crippen LogP contribution in [0.25, 0.3) is 0 Å². The van der Waals surface area contributed by atoms with E-state index in [1.165, 1.54) is 11.9 Å². The highest BCUT2D eigenvalue weighted by molar-refractivity contribution is 5.87. The molecule has 1 atom stereocenters. The first-order chi connectivity index (χ1) is 13.0. The fraction of sp³-hybridized carbons (Fsp3) is 0.333. The molecule has 2 aromatic rings. The molecule has 1 unspecified atom stereocenters. The molecule has 0 radical (unpaired) electrons. The predicted octanol–water partition coefficient (Wildman–Crippen LogP) is 2.27. The van der Waals surface area contributed by atoms with Crippen LogP contribution in [-0.2, 0) is 17.6 Å². The molecule has 1 amide bonds. The monoisotopic (exact) mass is 370 g/mol. The van der Waals surface area contributed by atoms with Gasteiger partial charge in [-0.15, -0.1) is 0 Å². The van der Waals surface area contributed by atoms with Crippen LogP contribution in [0.15, 0.2) is 54.6 Å². The molecule has 0 bridgehead atoms. The number of benzene rings is 2. The van der Waals surface area contributed by atoms with Crippen molar-refractivity contribution < 1.29 is 19.8 Å². The summed E-state index contributed by atoms with van der Waals surface area (Å²) in [6, 6.07) is 16.4. The number of nitrogens with one attached hydrogen (secondary N) is 1. The molecule has 0 aliphatic carbocycles. The second-order valence-corrected chi connectivity index (χ2v) is 6.46. The Hall–Kier alpha value is -2.70. The number of carboxylic acid groups (broad SMARTS) is 1. The summed E-state index contributed by atoms with van der Waals surface area (Å²) in [5.74, 6) is -1.06. The number of aliphatic hydroxyl groups excluding tert-OH is 1. The molecule has 6 heteroatoms. The predicted molar refractivity (Wildman–Crippen MR) is 103 cm³/mol. The molecular weight excluding hydrogens is 344 g/mol. The molecule has 0 aromatic heterocycles. The summed E-state index contributed by atoms with van der Waals surface area (Å²) in [6.07, 6.45) is 1.19. The lowest BCUT2D eigenvalue weighted by Gasteiger charge is -2.23. The van der Waals surface area contributed by atoms with E-state index in [2.05, 4.69) is 5.43 Å². The van der Waals surface area contributed by atoms with Crippen molar-refractivity contribution in [3.63, 3.8) is 0 Å². The van der Waals surface area contributed by atoms with Gasteiger partial charge in [-0.25, -0.2) is 10.2 Å². The van der Waals surface area contributed by atoms with Crippen molar-refractivity contribution in [2.75, 3.05) is 13.1 Å². The van der Waals surface area contributed by atoms with Gasteiger partial charge < -0.3 is 10.2 Å². The Bertz CT molecular complexity index is 732. The van der Waals surface area contributed by atoms with Gasteiger partial charge in [-0.1, -0.05) is 42.5 Å². The maximum absolute atomic E-state index is 11.8. The third kappa shape index (κ3) is 7.21. The van der Waals surface area contributed by atoms with Crippen molar-refractivity contribution in [1.82, 2.24) is 10.4 Å². The number of carbonyl (C=O) groups is 2. The Morgan fingerprint density at radius 1 is 1.04 bits per heavy atom. The van der Waals surface area contributed by atoms with E-state index in [4.69, 9.17) is 5.11 Å². The minimum atomic E-state index is -0.948. The highest BCUT2D eigenvalue weighted by Crippen LogP contribution is 2.07. The van der Waals surface area contributed by atoms with Crippen LogP contribution in [0.5, 0.6) is 0 Å². The number of carbonyl (C=O) groups excluding carboxylic acids is 1. The van der Waals surface area contributed by atoms with Gasteiger partial charge in [-0.3, -0.25) is 9.80 Å².